The van der Waals surface area contributed by atoms with Crippen molar-refractivity contribution in [3.05, 3.63) is 30.1 Å². The molecule has 1 heterocycles. The number of amides is 2. The Labute approximate surface area is 125 Å². The van der Waals surface area contributed by atoms with Gasteiger partial charge < -0.3 is 15.5 Å². The van der Waals surface area contributed by atoms with Crippen LogP contribution in [0.2, 0.25) is 0 Å². The Balaban J connectivity index is 1.94. The molecule has 0 spiro atoms. The smallest absolute Gasteiger partial charge is 0.321 e. The number of carbonyl (C=O) groups is 1. The molecule has 0 aromatic heterocycles. The molecule has 116 valence electrons. The lowest BCUT2D eigenvalue weighted by molar-refractivity contribution is 0.193. The number of urea groups is 1. The molecule has 1 aliphatic heterocycles. The first kappa shape index (κ1) is 15.8. The van der Waals surface area contributed by atoms with Crippen molar-refractivity contribution in [3.8, 4) is 0 Å². The second-order valence-corrected chi connectivity index (χ2v) is 5.60. The van der Waals surface area contributed by atoms with Crippen molar-refractivity contribution >= 4 is 11.7 Å². The van der Waals surface area contributed by atoms with E-state index in [1.165, 1.54) is 12.1 Å². The average molecular weight is 293 g/mol. The third-order valence-corrected chi connectivity index (χ3v) is 3.73. The summed E-state index contributed by atoms with van der Waals surface area (Å²) in [6.07, 6.45) is 3.23. The minimum Gasteiger partial charge on any atom is -0.324 e. The number of hydrogen-bond donors (Lipinski definition) is 2. The van der Waals surface area contributed by atoms with Gasteiger partial charge in [0.05, 0.1) is 0 Å². The van der Waals surface area contributed by atoms with Crippen LogP contribution in [0.15, 0.2) is 24.3 Å². The highest BCUT2D eigenvalue weighted by Crippen LogP contribution is 2.14. The van der Waals surface area contributed by atoms with Crippen molar-refractivity contribution < 1.29 is 9.18 Å². The monoisotopic (exact) mass is 293 g/mol. The molecular weight excluding hydrogens is 269 g/mol. The maximum atomic E-state index is 13.2. The first-order chi connectivity index (χ1) is 10.2. The van der Waals surface area contributed by atoms with E-state index in [-0.39, 0.29) is 11.8 Å². The summed E-state index contributed by atoms with van der Waals surface area (Å²) in [5.41, 5.74) is 0.503. The van der Waals surface area contributed by atoms with Gasteiger partial charge in [0.25, 0.3) is 0 Å². The van der Waals surface area contributed by atoms with Gasteiger partial charge in [-0.1, -0.05) is 13.0 Å². The Morgan fingerprint density at radius 3 is 3.05 bits per heavy atom. The van der Waals surface area contributed by atoms with E-state index in [0.717, 1.165) is 45.4 Å². The van der Waals surface area contributed by atoms with E-state index in [2.05, 4.69) is 17.6 Å². The van der Waals surface area contributed by atoms with E-state index in [4.69, 9.17) is 0 Å². The molecule has 1 saturated heterocycles. The van der Waals surface area contributed by atoms with Gasteiger partial charge >= 0.3 is 6.03 Å². The number of piperidine rings is 1. The van der Waals surface area contributed by atoms with Crippen LogP contribution in [0.25, 0.3) is 0 Å². The summed E-state index contributed by atoms with van der Waals surface area (Å²) in [7, 11) is 0. The Hall–Kier alpha value is -1.62. The van der Waals surface area contributed by atoms with E-state index in [1.807, 2.05) is 4.90 Å². The molecule has 1 unspecified atom stereocenters. The van der Waals surface area contributed by atoms with Crippen LogP contribution in [0.5, 0.6) is 0 Å². The Morgan fingerprint density at radius 2 is 2.38 bits per heavy atom. The summed E-state index contributed by atoms with van der Waals surface area (Å²) in [5, 5.41) is 6.15. The lowest BCUT2D eigenvalue weighted by Crippen LogP contribution is -2.43. The molecule has 0 radical (unpaired) electrons. The summed E-state index contributed by atoms with van der Waals surface area (Å²) in [5.74, 6) is 0.162. The van der Waals surface area contributed by atoms with E-state index in [0.29, 0.717) is 11.6 Å². The summed E-state index contributed by atoms with van der Waals surface area (Å²) in [6.45, 7) is 5.56. The van der Waals surface area contributed by atoms with Gasteiger partial charge in [-0.3, -0.25) is 0 Å². The van der Waals surface area contributed by atoms with Crippen molar-refractivity contribution in [2.24, 2.45) is 5.92 Å². The molecule has 5 heteroatoms. The summed E-state index contributed by atoms with van der Waals surface area (Å²) in [6, 6.07) is 5.86. The van der Waals surface area contributed by atoms with Gasteiger partial charge in [0.1, 0.15) is 5.82 Å². The predicted molar refractivity (Wildman–Crippen MR) is 82.9 cm³/mol. The van der Waals surface area contributed by atoms with Crippen LogP contribution in [0.3, 0.4) is 0 Å². The van der Waals surface area contributed by atoms with Crippen LogP contribution in [0, 0.1) is 11.7 Å². The number of anilines is 1. The first-order valence-corrected chi connectivity index (χ1v) is 7.71. The summed E-state index contributed by atoms with van der Waals surface area (Å²) in [4.78, 5) is 14.2. The van der Waals surface area contributed by atoms with Crippen molar-refractivity contribution in [2.75, 3.05) is 31.5 Å². The molecule has 0 saturated carbocycles. The zero-order valence-corrected chi connectivity index (χ0v) is 12.6. The zero-order valence-electron chi connectivity index (χ0n) is 12.6. The molecule has 0 bridgehead atoms. The molecule has 0 aliphatic carbocycles. The molecule has 1 aromatic rings. The highest BCUT2D eigenvalue weighted by Gasteiger charge is 2.20. The Kier molecular flexibility index (Phi) is 5.99. The fourth-order valence-corrected chi connectivity index (χ4v) is 2.71. The third-order valence-electron chi connectivity index (χ3n) is 3.73. The van der Waals surface area contributed by atoms with Crippen molar-refractivity contribution in [3.63, 3.8) is 0 Å². The molecule has 2 N–H and O–H groups in total. The van der Waals surface area contributed by atoms with E-state index in [1.54, 1.807) is 12.1 Å². The van der Waals surface area contributed by atoms with Crippen LogP contribution in [0.4, 0.5) is 14.9 Å². The van der Waals surface area contributed by atoms with Crippen LogP contribution < -0.4 is 10.6 Å². The number of halogens is 1. The molecule has 21 heavy (non-hydrogen) atoms. The van der Waals surface area contributed by atoms with Crippen molar-refractivity contribution in [2.45, 2.75) is 26.2 Å². The zero-order chi connectivity index (χ0) is 15.1. The Bertz CT molecular complexity index is 461. The van der Waals surface area contributed by atoms with Crippen molar-refractivity contribution in [1.29, 1.82) is 0 Å². The van der Waals surface area contributed by atoms with Gasteiger partial charge in [0.2, 0.25) is 0 Å². The lowest BCUT2D eigenvalue weighted by atomic mass is 9.99. The van der Waals surface area contributed by atoms with E-state index in [9.17, 15) is 9.18 Å². The molecule has 1 atom stereocenters. The number of nitrogens with one attached hydrogen (secondary N) is 2. The SMILES string of the molecule is CCCN(CC1CCCNC1)C(=O)Nc1cccc(F)c1. The van der Waals surface area contributed by atoms with Gasteiger partial charge in [-0.25, -0.2) is 9.18 Å². The van der Waals surface area contributed by atoms with Gasteiger partial charge in [-0.05, 0) is 56.5 Å². The number of carbonyl (C=O) groups excluding carboxylic acids is 1. The normalized spacial score (nSPS) is 18.3. The van der Waals surface area contributed by atoms with E-state index >= 15 is 0 Å². The lowest BCUT2D eigenvalue weighted by Gasteiger charge is -2.30. The van der Waals surface area contributed by atoms with Gasteiger partial charge in [-0.2, -0.15) is 0 Å². The molecular formula is C16H24FN3O. The highest BCUT2D eigenvalue weighted by atomic mass is 19.1. The fourth-order valence-electron chi connectivity index (χ4n) is 2.71. The maximum Gasteiger partial charge on any atom is 0.321 e. The molecule has 4 nitrogen and oxygen atoms in total. The van der Waals surface area contributed by atoms with Gasteiger partial charge in [-0.15, -0.1) is 0 Å². The summed E-state index contributed by atoms with van der Waals surface area (Å²) < 4.78 is 13.2. The second kappa shape index (κ2) is 7.98. The van der Waals surface area contributed by atoms with Crippen molar-refractivity contribution in [1.82, 2.24) is 10.2 Å². The largest absolute Gasteiger partial charge is 0.324 e. The molecule has 2 amide bonds. The predicted octanol–water partition coefficient (Wildman–Crippen LogP) is 3.07. The van der Waals surface area contributed by atoms with E-state index < -0.39 is 0 Å². The molecule has 1 aromatic carbocycles. The second-order valence-electron chi connectivity index (χ2n) is 5.60. The number of hydrogen-bond acceptors (Lipinski definition) is 2. The minimum absolute atomic E-state index is 0.145. The first-order valence-electron chi connectivity index (χ1n) is 7.71. The molecule has 2 rings (SSSR count). The quantitative estimate of drug-likeness (QED) is 0.876. The molecule has 1 aliphatic rings. The topological polar surface area (TPSA) is 44.4 Å². The average Bonchev–Trinajstić information content (AvgIpc) is 2.48. The number of rotatable bonds is 5. The van der Waals surface area contributed by atoms with Crippen LogP contribution in [0.1, 0.15) is 26.2 Å². The standard InChI is InChI=1S/C16H24FN3O/c1-2-9-20(12-13-5-4-8-18-11-13)16(21)19-15-7-3-6-14(17)10-15/h3,6-7,10,13,18H,2,4-5,8-9,11-12H2,1H3,(H,19,21). The molecule has 1 fully saturated rings. The number of benzene rings is 1. The Morgan fingerprint density at radius 1 is 1.52 bits per heavy atom. The maximum absolute atomic E-state index is 13.2. The fraction of sp³-hybridized carbons (Fsp3) is 0.562. The van der Waals surface area contributed by atoms with Crippen LogP contribution >= 0.6 is 0 Å². The van der Waals surface area contributed by atoms with Gasteiger partial charge in [0, 0.05) is 18.8 Å². The summed E-state index contributed by atoms with van der Waals surface area (Å²) >= 11 is 0. The third kappa shape index (κ3) is 5.01. The van der Waals surface area contributed by atoms with Crippen LogP contribution in [-0.4, -0.2) is 37.1 Å². The van der Waals surface area contributed by atoms with Crippen LogP contribution in [-0.2, 0) is 0 Å². The van der Waals surface area contributed by atoms with Gasteiger partial charge in [0.15, 0.2) is 0 Å². The highest BCUT2D eigenvalue weighted by molar-refractivity contribution is 5.89. The number of nitrogens with zero attached hydrogens (tertiary/aromatic N) is 1. The minimum atomic E-state index is -0.341.